The molecule has 0 spiro atoms. The summed E-state index contributed by atoms with van der Waals surface area (Å²) in [6.45, 7) is 4.82. The van der Waals surface area contributed by atoms with Gasteiger partial charge in [-0.15, -0.1) is 0 Å². The summed E-state index contributed by atoms with van der Waals surface area (Å²) in [5, 5.41) is 4.10. The Kier molecular flexibility index (Phi) is 5.65. The lowest BCUT2D eigenvalue weighted by molar-refractivity contribution is 0.0598. The van der Waals surface area contributed by atoms with Gasteiger partial charge >= 0.3 is 0 Å². The van der Waals surface area contributed by atoms with Crippen LogP contribution in [0.15, 0.2) is 59.1 Å². The third-order valence-electron chi connectivity index (χ3n) is 5.51. The molecule has 1 saturated heterocycles. The second-order valence-electron chi connectivity index (χ2n) is 7.59. The van der Waals surface area contributed by atoms with E-state index < -0.39 is 0 Å². The molecule has 0 radical (unpaired) electrons. The molecule has 1 amide bonds. The number of piperidine rings is 1. The first kappa shape index (κ1) is 19.2. The summed E-state index contributed by atoms with van der Waals surface area (Å²) in [5.74, 6) is 1.30. The molecule has 0 saturated carbocycles. The maximum atomic E-state index is 13.4. The highest BCUT2D eigenvalue weighted by Crippen LogP contribution is 2.32. The van der Waals surface area contributed by atoms with Crippen molar-refractivity contribution in [1.82, 2.24) is 10.1 Å². The summed E-state index contributed by atoms with van der Waals surface area (Å²) < 4.78 is 11.3. The minimum Gasteiger partial charge on any atom is -0.489 e. The Bertz CT molecular complexity index is 981. The fraction of sp³-hybridized carbons (Fsp3) is 0.333. The average molecular weight is 390 g/mol. The molecule has 0 bridgehead atoms. The van der Waals surface area contributed by atoms with E-state index >= 15 is 0 Å². The lowest BCUT2D eigenvalue weighted by atomic mass is 9.94. The van der Waals surface area contributed by atoms with Crippen molar-refractivity contribution in [2.24, 2.45) is 0 Å². The average Bonchev–Trinajstić information content (AvgIpc) is 3.13. The summed E-state index contributed by atoms with van der Waals surface area (Å²) in [6.07, 6.45) is 3.08. The third kappa shape index (κ3) is 4.19. The Balaban J connectivity index is 1.56. The van der Waals surface area contributed by atoms with Crippen LogP contribution in [0.3, 0.4) is 0 Å². The normalized spacial score (nSPS) is 16.6. The van der Waals surface area contributed by atoms with E-state index in [4.69, 9.17) is 9.26 Å². The molecule has 0 aliphatic carbocycles. The van der Waals surface area contributed by atoms with E-state index in [1.807, 2.05) is 61.2 Å². The van der Waals surface area contributed by atoms with Gasteiger partial charge in [0.25, 0.3) is 5.91 Å². The van der Waals surface area contributed by atoms with E-state index in [2.05, 4.69) is 17.3 Å². The molecule has 5 nitrogen and oxygen atoms in total. The molecule has 3 aromatic rings. The second-order valence-corrected chi connectivity index (χ2v) is 7.59. The Labute approximate surface area is 171 Å². The first-order valence-electron chi connectivity index (χ1n) is 10.1. The minimum absolute atomic E-state index is 0.0694. The predicted octanol–water partition coefficient (Wildman–Crippen LogP) is 5.24. The fourth-order valence-electron chi connectivity index (χ4n) is 3.92. The van der Waals surface area contributed by atoms with E-state index in [0.29, 0.717) is 17.0 Å². The number of hydrogen-bond donors (Lipinski definition) is 0. The van der Waals surface area contributed by atoms with Gasteiger partial charge in [-0.25, -0.2) is 0 Å². The zero-order valence-electron chi connectivity index (χ0n) is 16.9. The molecule has 1 aromatic heterocycles. The van der Waals surface area contributed by atoms with Crippen LogP contribution in [0.4, 0.5) is 0 Å². The van der Waals surface area contributed by atoms with Crippen molar-refractivity contribution in [2.45, 2.75) is 45.8 Å². The molecule has 4 rings (SSSR count). The summed E-state index contributed by atoms with van der Waals surface area (Å²) >= 11 is 0. The molecule has 1 atom stereocenters. The molecule has 2 heterocycles. The monoisotopic (exact) mass is 390 g/mol. The highest BCUT2D eigenvalue weighted by molar-refractivity contribution is 5.94. The lowest BCUT2D eigenvalue weighted by Gasteiger charge is -2.35. The number of nitrogens with zero attached hydrogens (tertiary/aromatic N) is 2. The molecule has 150 valence electrons. The molecule has 1 unspecified atom stereocenters. The largest absolute Gasteiger partial charge is 0.489 e. The second kappa shape index (κ2) is 8.52. The number of carbonyl (C=O) groups is 1. The fourth-order valence-corrected chi connectivity index (χ4v) is 3.92. The number of aromatic nitrogens is 1. The number of aryl methyl sites for hydroxylation is 2. The first-order chi connectivity index (χ1) is 14.1. The number of hydrogen-bond acceptors (Lipinski definition) is 4. The van der Waals surface area contributed by atoms with Crippen LogP contribution in [0.25, 0.3) is 0 Å². The standard InChI is InChI=1S/C24H26N2O3/c1-17-9-8-12-20(15-17)28-16-21-18(2)29-25-23(21)24(27)26-14-7-6-13-22(26)19-10-4-3-5-11-19/h3-5,8-12,15,22H,6-7,13-14,16H2,1-2H3. The minimum atomic E-state index is -0.0850. The zero-order valence-corrected chi connectivity index (χ0v) is 16.9. The number of amides is 1. The molecule has 5 heteroatoms. The van der Waals surface area contributed by atoms with Crippen molar-refractivity contribution >= 4 is 5.91 Å². The van der Waals surface area contributed by atoms with Crippen molar-refractivity contribution in [2.75, 3.05) is 6.54 Å². The highest BCUT2D eigenvalue weighted by Gasteiger charge is 2.32. The highest BCUT2D eigenvalue weighted by atomic mass is 16.5. The van der Waals surface area contributed by atoms with Gasteiger partial charge in [-0.2, -0.15) is 0 Å². The number of rotatable bonds is 5. The summed E-state index contributed by atoms with van der Waals surface area (Å²) in [7, 11) is 0. The van der Waals surface area contributed by atoms with Crippen molar-refractivity contribution in [3.8, 4) is 5.75 Å². The topological polar surface area (TPSA) is 55.6 Å². The molecule has 0 N–H and O–H groups in total. The number of ether oxygens (including phenoxy) is 1. The van der Waals surface area contributed by atoms with E-state index in [-0.39, 0.29) is 18.6 Å². The molecular weight excluding hydrogens is 364 g/mol. The van der Waals surface area contributed by atoms with Crippen molar-refractivity contribution in [3.05, 3.63) is 82.7 Å². The molecule has 1 aliphatic rings. The maximum Gasteiger partial charge on any atom is 0.276 e. The molecule has 1 aliphatic heterocycles. The van der Waals surface area contributed by atoms with Crippen molar-refractivity contribution in [1.29, 1.82) is 0 Å². The van der Waals surface area contributed by atoms with Gasteiger partial charge in [-0.05, 0) is 56.4 Å². The molecular formula is C24H26N2O3. The lowest BCUT2D eigenvalue weighted by Crippen LogP contribution is -2.39. The van der Waals surface area contributed by atoms with Crippen LogP contribution in [0.2, 0.25) is 0 Å². The quantitative estimate of drug-likeness (QED) is 0.598. The Morgan fingerprint density at radius 3 is 2.76 bits per heavy atom. The van der Waals surface area contributed by atoms with Crippen LogP contribution in [0.1, 0.15) is 58.2 Å². The molecule has 1 fully saturated rings. The predicted molar refractivity (Wildman–Crippen MR) is 111 cm³/mol. The Morgan fingerprint density at radius 1 is 1.14 bits per heavy atom. The molecule has 2 aromatic carbocycles. The Hall–Kier alpha value is -3.08. The smallest absolute Gasteiger partial charge is 0.276 e. The van der Waals surface area contributed by atoms with E-state index in [9.17, 15) is 4.79 Å². The Morgan fingerprint density at radius 2 is 1.97 bits per heavy atom. The van der Waals surface area contributed by atoms with Gasteiger partial charge in [0, 0.05) is 6.54 Å². The van der Waals surface area contributed by atoms with Crippen molar-refractivity contribution in [3.63, 3.8) is 0 Å². The van der Waals surface area contributed by atoms with Gasteiger partial charge in [0.1, 0.15) is 18.1 Å². The summed E-state index contributed by atoms with van der Waals surface area (Å²) in [4.78, 5) is 15.4. The zero-order chi connectivity index (χ0) is 20.2. The van der Waals surface area contributed by atoms with Crippen LogP contribution in [0, 0.1) is 13.8 Å². The number of carbonyl (C=O) groups excluding carboxylic acids is 1. The summed E-state index contributed by atoms with van der Waals surface area (Å²) in [6, 6.07) is 18.1. The maximum absolute atomic E-state index is 13.4. The molecule has 29 heavy (non-hydrogen) atoms. The van der Waals surface area contributed by atoms with Gasteiger partial charge in [0.2, 0.25) is 0 Å². The van der Waals surface area contributed by atoms with Gasteiger partial charge in [0.05, 0.1) is 11.6 Å². The summed E-state index contributed by atoms with van der Waals surface area (Å²) in [5.41, 5.74) is 3.37. The first-order valence-corrected chi connectivity index (χ1v) is 10.1. The van der Waals surface area contributed by atoms with Crippen molar-refractivity contribution < 1.29 is 14.1 Å². The van der Waals surface area contributed by atoms with Crippen LogP contribution in [-0.4, -0.2) is 22.5 Å². The van der Waals surface area contributed by atoms with E-state index in [1.54, 1.807) is 0 Å². The number of benzene rings is 2. The van der Waals surface area contributed by atoms with Gasteiger partial charge < -0.3 is 14.2 Å². The third-order valence-corrected chi connectivity index (χ3v) is 5.51. The number of likely N-dealkylation sites (tertiary alicyclic amines) is 1. The van der Waals surface area contributed by atoms with Crippen LogP contribution < -0.4 is 4.74 Å². The van der Waals surface area contributed by atoms with E-state index in [0.717, 1.165) is 37.1 Å². The van der Waals surface area contributed by atoms with Crippen LogP contribution in [-0.2, 0) is 6.61 Å². The van der Waals surface area contributed by atoms with Gasteiger partial charge in [0.15, 0.2) is 5.69 Å². The van der Waals surface area contributed by atoms with Crippen LogP contribution >= 0.6 is 0 Å². The van der Waals surface area contributed by atoms with Crippen LogP contribution in [0.5, 0.6) is 5.75 Å². The van der Waals surface area contributed by atoms with Gasteiger partial charge in [-0.1, -0.05) is 47.6 Å². The SMILES string of the molecule is Cc1cccc(OCc2c(C(=O)N3CCCCC3c3ccccc3)noc2C)c1. The van der Waals surface area contributed by atoms with E-state index in [1.165, 1.54) is 5.56 Å². The van der Waals surface area contributed by atoms with Gasteiger partial charge in [-0.3, -0.25) is 4.79 Å².